The van der Waals surface area contributed by atoms with Crippen LogP contribution in [0.2, 0.25) is 0 Å². The molecule has 0 spiro atoms. The summed E-state index contributed by atoms with van der Waals surface area (Å²) in [6.45, 7) is 2.52. The van der Waals surface area contributed by atoms with Crippen molar-refractivity contribution >= 4 is 11.7 Å². The Morgan fingerprint density at radius 3 is 2.50 bits per heavy atom. The van der Waals surface area contributed by atoms with Crippen LogP contribution in [-0.4, -0.2) is 30.7 Å². The van der Waals surface area contributed by atoms with Crippen molar-refractivity contribution in [2.24, 2.45) is 0 Å². The van der Waals surface area contributed by atoms with Crippen LogP contribution in [0.25, 0.3) is 0 Å². The maximum atomic E-state index is 11.6. The van der Waals surface area contributed by atoms with Crippen LogP contribution >= 0.6 is 0 Å². The molecule has 0 heterocycles. The Hall–Kier alpha value is -1.95. The standard InChI is InChI=1S/C14H19NO5/c1-3-4-9-20-13(14(16)19-2)10-11-5-7-12(8-6-11)15(17)18/h5-8,13H,3-4,9-10H2,1-2H3/t13-/m0/s1. The Morgan fingerprint density at radius 1 is 1.35 bits per heavy atom. The van der Waals surface area contributed by atoms with E-state index in [1.165, 1.54) is 19.2 Å². The first-order chi connectivity index (χ1) is 9.58. The number of nitrogens with zero attached hydrogens (tertiary/aromatic N) is 1. The van der Waals surface area contributed by atoms with Gasteiger partial charge in [-0.25, -0.2) is 4.79 Å². The van der Waals surface area contributed by atoms with Gasteiger partial charge in [0.1, 0.15) is 0 Å². The lowest BCUT2D eigenvalue weighted by molar-refractivity contribution is -0.384. The van der Waals surface area contributed by atoms with Crippen molar-refractivity contribution in [1.29, 1.82) is 0 Å². The van der Waals surface area contributed by atoms with Crippen LogP contribution in [0, 0.1) is 10.1 Å². The molecule has 1 atom stereocenters. The van der Waals surface area contributed by atoms with Gasteiger partial charge < -0.3 is 9.47 Å². The molecule has 0 radical (unpaired) electrons. The van der Waals surface area contributed by atoms with Gasteiger partial charge in [0.2, 0.25) is 0 Å². The van der Waals surface area contributed by atoms with E-state index < -0.39 is 17.0 Å². The van der Waals surface area contributed by atoms with Gasteiger partial charge in [-0.15, -0.1) is 0 Å². The molecule has 6 heteroatoms. The largest absolute Gasteiger partial charge is 0.467 e. The van der Waals surface area contributed by atoms with Gasteiger partial charge in [-0.3, -0.25) is 10.1 Å². The van der Waals surface area contributed by atoms with Gasteiger partial charge in [0, 0.05) is 25.2 Å². The topological polar surface area (TPSA) is 78.7 Å². The molecular weight excluding hydrogens is 262 g/mol. The van der Waals surface area contributed by atoms with E-state index in [2.05, 4.69) is 0 Å². The molecule has 0 aliphatic heterocycles. The Labute approximate surface area is 117 Å². The average molecular weight is 281 g/mol. The van der Waals surface area contributed by atoms with Crippen LogP contribution in [0.1, 0.15) is 25.3 Å². The van der Waals surface area contributed by atoms with Gasteiger partial charge in [0.05, 0.1) is 12.0 Å². The summed E-state index contributed by atoms with van der Waals surface area (Å²) in [6.07, 6.45) is 1.51. The van der Waals surface area contributed by atoms with Gasteiger partial charge in [-0.1, -0.05) is 25.5 Å². The number of esters is 1. The number of carbonyl (C=O) groups is 1. The number of non-ortho nitro benzene ring substituents is 1. The summed E-state index contributed by atoms with van der Waals surface area (Å²) >= 11 is 0. The molecule has 0 unspecified atom stereocenters. The van der Waals surface area contributed by atoms with Crippen molar-refractivity contribution in [3.63, 3.8) is 0 Å². The highest BCUT2D eigenvalue weighted by Gasteiger charge is 2.20. The first kappa shape index (κ1) is 16.1. The Morgan fingerprint density at radius 2 is 2.00 bits per heavy atom. The maximum Gasteiger partial charge on any atom is 0.335 e. The number of rotatable bonds is 8. The summed E-state index contributed by atoms with van der Waals surface area (Å²) < 4.78 is 10.2. The molecule has 1 rings (SSSR count). The van der Waals surface area contributed by atoms with Crippen molar-refractivity contribution in [2.75, 3.05) is 13.7 Å². The zero-order valence-electron chi connectivity index (χ0n) is 11.7. The number of nitro groups is 1. The average Bonchev–Trinajstić information content (AvgIpc) is 2.46. The van der Waals surface area contributed by atoms with Crippen LogP contribution in [0.3, 0.4) is 0 Å². The maximum absolute atomic E-state index is 11.6. The SMILES string of the molecule is CCCCO[C@@H](Cc1ccc([N+](=O)[O-])cc1)C(=O)OC. The van der Waals surface area contributed by atoms with E-state index in [0.717, 1.165) is 18.4 Å². The molecule has 0 aliphatic carbocycles. The van der Waals surface area contributed by atoms with Crippen LogP contribution in [0.15, 0.2) is 24.3 Å². The highest BCUT2D eigenvalue weighted by molar-refractivity contribution is 5.75. The van der Waals surface area contributed by atoms with Crippen molar-refractivity contribution in [2.45, 2.75) is 32.3 Å². The molecule has 0 N–H and O–H groups in total. The predicted octanol–water partition coefficient (Wildman–Crippen LogP) is 2.50. The molecule has 0 amide bonds. The summed E-state index contributed by atoms with van der Waals surface area (Å²) in [5.41, 5.74) is 0.817. The lowest BCUT2D eigenvalue weighted by atomic mass is 10.1. The Balaban J connectivity index is 2.68. The first-order valence-corrected chi connectivity index (χ1v) is 6.51. The third-order valence-electron chi connectivity index (χ3n) is 2.85. The molecule has 0 fully saturated rings. The minimum atomic E-state index is -0.673. The smallest absolute Gasteiger partial charge is 0.335 e. The van der Waals surface area contributed by atoms with E-state index in [1.807, 2.05) is 6.92 Å². The molecule has 20 heavy (non-hydrogen) atoms. The fourth-order valence-corrected chi connectivity index (χ4v) is 1.68. The molecule has 1 aromatic rings. The van der Waals surface area contributed by atoms with Crippen LogP contribution in [0.4, 0.5) is 5.69 Å². The molecule has 1 aromatic carbocycles. The number of ether oxygens (including phenoxy) is 2. The third-order valence-corrected chi connectivity index (χ3v) is 2.85. The number of methoxy groups -OCH3 is 1. The van der Waals surface area contributed by atoms with Crippen LogP contribution < -0.4 is 0 Å². The fraction of sp³-hybridized carbons (Fsp3) is 0.500. The fourth-order valence-electron chi connectivity index (χ4n) is 1.68. The van der Waals surface area contributed by atoms with Gasteiger partial charge in [-0.05, 0) is 12.0 Å². The molecule has 6 nitrogen and oxygen atoms in total. The van der Waals surface area contributed by atoms with Gasteiger partial charge in [0.25, 0.3) is 5.69 Å². The van der Waals surface area contributed by atoms with E-state index in [-0.39, 0.29) is 5.69 Å². The monoisotopic (exact) mass is 281 g/mol. The van der Waals surface area contributed by atoms with E-state index >= 15 is 0 Å². The zero-order valence-corrected chi connectivity index (χ0v) is 11.7. The van der Waals surface area contributed by atoms with Crippen LogP contribution in [-0.2, 0) is 20.7 Å². The normalized spacial score (nSPS) is 11.9. The van der Waals surface area contributed by atoms with Crippen molar-refractivity contribution in [3.05, 3.63) is 39.9 Å². The summed E-state index contributed by atoms with van der Waals surface area (Å²) in [7, 11) is 1.31. The van der Waals surface area contributed by atoms with Crippen LogP contribution in [0.5, 0.6) is 0 Å². The lowest BCUT2D eigenvalue weighted by Gasteiger charge is -2.15. The molecule has 110 valence electrons. The number of nitro benzene ring substituents is 1. The molecule has 0 aromatic heterocycles. The van der Waals surface area contributed by atoms with Crippen molar-refractivity contribution < 1.29 is 19.2 Å². The quantitative estimate of drug-likeness (QED) is 0.316. The van der Waals surface area contributed by atoms with Gasteiger partial charge >= 0.3 is 5.97 Å². The Kier molecular flexibility index (Phi) is 6.66. The minimum absolute atomic E-state index is 0.0234. The van der Waals surface area contributed by atoms with Crippen molar-refractivity contribution in [3.8, 4) is 0 Å². The van der Waals surface area contributed by atoms with Gasteiger partial charge in [0.15, 0.2) is 6.10 Å². The molecule has 0 aliphatic rings. The number of unbranched alkanes of at least 4 members (excludes halogenated alkanes) is 1. The second kappa shape index (κ2) is 8.27. The number of benzene rings is 1. The highest BCUT2D eigenvalue weighted by atomic mass is 16.6. The van der Waals surface area contributed by atoms with Gasteiger partial charge in [-0.2, -0.15) is 0 Å². The second-order valence-electron chi connectivity index (χ2n) is 4.36. The number of carbonyl (C=O) groups excluding carboxylic acids is 1. The molecule has 0 saturated heterocycles. The van der Waals surface area contributed by atoms with Crippen molar-refractivity contribution in [1.82, 2.24) is 0 Å². The summed E-state index contributed by atoms with van der Waals surface area (Å²) in [5.74, 6) is -0.431. The summed E-state index contributed by atoms with van der Waals surface area (Å²) in [6, 6.07) is 6.07. The predicted molar refractivity (Wildman–Crippen MR) is 73.5 cm³/mol. The highest BCUT2D eigenvalue weighted by Crippen LogP contribution is 2.14. The second-order valence-corrected chi connectivity index (χ2v) is 4.36. The van der Waals surface area contributed by atoms with E-state index in [0.29, 0.717) is 13.0 Å². The Bertz CT molecular complexity index is 443. The molecule has 0 bridgehead atoms. The molecular formula is C14H19NO5. The van der Waals surface area contributed by atoms with E-state index in [1.54, 1.807) is 12.1 Å². The first-order valence-electron chi connectivity index (χ1n) is 6.51. The summed E-state index contributed by atoms with van der Waals surface area (Å²) in [4.78, 5) is 21.7. The number of hydrogen-bond donors (Lipinski definition) is 0. The summed E-state index contributed by atoms with van der Waals surface area (Å²) in [5, 5.41) is 10.6. The molecule has 0 saturated carbocycles. The number of hydrogen-bond acceptors (Lipinski definition) is 5. The lowest BCUT2D eigenvalue weighted by Crippen LogP contribution is -2.28. The van der Waals surface area contributed by atoms with E-state index in [4.69, 9.17) is 9.47 Å². The third kappa shape index (κ3) is 4.97. The zero-order chi connectivity index (χ0) is 15.0. The van der Waals surface area contributed by atoms with E-state index in [9.17, 15) is 14.9 Å². The minimum Gasteiger partial charge on any atom is -0.467 e.